The van der Waals surface area contributed by atoms with Gasteiger partial charge in [-0.15, -0.1) is 0 Å². The number of carboxylic acids is 1. The van der Waals surface area contributed by atoms with E-state index in [0.29, 0.717) is 10.6 Å². The number of carbonyl (C=O) groups is 2. The number of aliphatic carboxylic acids is 1. The summed E-state index contributed by atoms with van der Waals surface area (Å²) in [4.78, 5) is 38.9. The lowest BCUT2D eigenvalue weighted by molar-refractivity contribution is -0.141. The Hall–Kier alpha value is -2.88. The highest BCUT2D eigenvalue weighted by Gasteiger charge is 2.56. The summed E-state index contributed by atoms with van der Waals surface area (Å²) in [5.41, 5.74) is -0.348. The van der Waals surface area contributed by atoms with Crippen molar-refractivity contribution in [3.05, 3.63) is 51.8 Å². The standard InChI is InChI=1S/C14H11N3O6S/c18-12-10(5-9-3-1-2-4-15-9)13-17(12)11(14(19)20)8(6-16-21)7-24(13,22)23/h1-5,13H,6-7H2,(H,19,20)/t13-/m0/s1. The predicted molar refractivity (Wildman–Crippen MR) is 82.0 cm³/mol. The molecule has 2 aliphatic rings. The third-order valence-corrected chi connectivity index (χ3v) is 5.60. The van der Waals surface area contributed by atoms with Gasteiger partial charge in [-0.05, 0) is 18.2 Å². The number of pyridine rings is 1. The van der Waals surface area contributed by atoms with Crippen LogP contribution in [0.25, 0.3) is 6.08 Å². The molecule has 3 rings (SSSR count). The Balaban J connectivity index is 2.10. The van der Waals surface area contributed by atoms with Crippen LogP contribution in [0.2, 0.25) is 0 Å². The number of carboxylic acid groups (broad SMARTS) is 1. The van der Waals surface area contributed by atoms with E-state index < -0.39 is 45.1 Å². The lowest BCUT2D eigenvalue weighted by Gasteiger charge is -2.45. The Bertz CT molecular complexity index is 904. The van der Waals surface area contributed by atoms with E-state index in [1.54, 1.807) is 18.2 Å². The molecule has 10 heteroatoms. The van der Waals surface area contributed by atoms with Crippen molar-refractivity contribution in [1.29, 1.82) is 0 Å². The van der Waals surface area contributed by atoms with E-state index in [4.69, 9.17) is 0 Å². The number of nitroso groups, excluding NO2 is 1. The fourth-order valence-corrected chi connectivity index (χ4v) is 4.71. The smallest absolute Gasteiger partial charge is 0.352 e. The van der Waals surface area contributed by atoms with E-state index in [1.807, 2.05) is 0 Å². The molecule has 1 aromatic rings. The molecule has 24 heavy (non-hydrogen) atoms. The van der Waals surface area contributed by atoms with Gasteiger partial charge in [0.05, 0.1) is 17.0 Å². The number of fused-ring (bicyclic) bond motifs is 1. The highest BCUT2D eigenvalue weighted by molar-refractivity contribution is 7.92. The number of β-lactam (4-membered cyclic amide) rings is 1. The molecule has 0 unspecified atom stereocenters. The van der Waals surface area contributed by atoms with Crippen molar-refractivity contribution in [2.75, 3.05) is 12.3 Å². The second-order valence-corrected chi connectivity index (χ2v) is 7.29. The van der Waals surface area contributed by atoms with Gasteiger partial charge in [0.2, 0.25) is 0 Å². The van der Waals surface area contributed by atoms with Crippen LogP contribution in [0.4, 0.5) is 0 Å². The Kier molecular flexibility index (Phi) is 3.76. The molecule has 0 saturated carbocycles. The molecule has 2 aliphatic heterocycles. The van der Waals surface area contributed by atoms with E-state index in [-0.39, 0.29) is 11.1 Å². The van der Waals surface area contributed by atoms with Gasteiger partial charge in [0.1, 0.15) is 12.2 Å². The predicted octanol–water partition coefficient (Wildman–Crippen LogP) is 0.167. The van der Waals surface area contributed by atoms with Crippen LogP contribution in [0.5, 0.6) is 0 Å². The van der Waals surface area contributed by atoms with E-state index in [0.717, 1.165) is 0 Å². The van der Waals surface area contributed by atoms with Crippen LogP contribution >= 0.6 is 0 Å². The van der Waals surface area contributed by atoms with Gasteiger partial charge in [-0.2, -0.15) is 4.91 Å². The van der Waals surface area contributed by atoms with Crippen molar-refractivity contribution in [2.45, 2.75) is 5.37 Å². The first-order chi connectivity index (χ1) is 11.4. The van der Waals surface area contributed by atoms with Gasteiger partial charge < -0.3 is 5.11 Å². The molecule has 1 atom stereocenters. The first-order valence-corrected chi connectivity index (χ1v) is 8.50. The molecule has 0 aliphatic carbocycles. The van der Waals surface area contributed by atoms with Crippen molar-refractivity contribution in [1.82, 2.24) is 9.88 Å². The maximum absolute atomic E-state index is 12.4. The van der Waals surface area contributed by atoms with E-state index in [1.165, 1.54) is 12.3 Å². The van der Waals surface area contributed by atoms with Gasteiger partial charge in [0.25, 0.3) is 5.91 Å². The molecule has 0 radical (unpaired) electrons. The normalized spacial score (nSPS) is 23.7. The summed E-state index contributed by atoms with van der Waals surface area (Å²) in [5, 5.41) is 10.5. The number of nitrogens with zero attached hydrogens (tertiary/aromatic N) is 3. The summed E-state index contributed by atoms with van der Waals surface area (Å²) in [7, 11) is -3.87. The highest BCUT2D eigenvalue weighted by Crippen LogP contribution is 2.40. The molecule has 1 aromatic heterocycles. The van der Waals surface area contributed by atoms with Gasteiger partial charge in [-0.1, -0.05) is 11.2 Å². The quantitative estimate of drug-likeness (QED) is 0.465. The van der Waals surface area contributed by atoms with Crippen molar-refractivity contribution in [3.8, 4) is 0 Å². The first kappa shape index (κ1) is 16.0. The average Bonchev–Trinajstić information content (AvgIpc) is 2.52. The number of hydrogen-bond acceptors (Lipinski definition) is 7. The third-order valence-electron chi connectivity index (χ3n) is 3.71. The van der Waals surface area contributed by atoms with Crippen LogP contribution < -0.4 is 0 Å². The molecule has 124 valence electrons. The van der Waals surface area contributed by atoms with Crippen LogP contribution in [0, 0.1) is 4.91 Å². The Morgan fingerprint density at radius 3 is 2.79 bits per heavy atom. The minimum atomic E-state index is -3.87. The van der Waals surface area contributed by atoms with E-state index in [2.05, 4.69) is 10.2 Å². The molecule has 1 saturated heterocycles. The first-order valence-electron chi connectivity index (χ1n) is 6.79. The molecule has 0 spiro atoms. The third kappa shape index (κ3) is 2.40. The molecule has 3 heterocycles. The fourth-order valence-electron chi connectivity index (χ4n) is 2.76. The summed E-state index contributed by atoms with van der Waals surface area (Å²) in [6.07, 6.45) is 2.81. The fraction of sp³-hybridized carbons (Fsp3) is 0.214. The zero-order valence-corrected chi connectivity index (χ0v) is 12.9. The lowest BCUT2D eigenvalue weighted by Crippen LogP contribution is -2.62. The molecular weight excluding hydrogens is 338 g/mol. The number of hydrogen-bond donors (Lipinski definition) is 1. The summed E-state index contributed by atoms with van der Waals surface area (Å²) >= 11 is 0. The molecule has 9 nitrogen and oxygen atoms in total. The van der Waals surface area contributed by atoms with Gasteiger partial charge >= 0.3 is 5.97 Å². The maximum Gasteiger partial charge on any atom is 0.352 e. The number of carbonyl (C=O) groups excluding carboxylic acids is 1. The summed E-state index contributed by atoms with van der Waals surface area (Å²) < 4.78 is 24.8. The number of amides is 1. The summed E-state index contributed by atoms with van der Waals surface area (Å²) in [6.45, 7) is -0.601. The number of sulfone groups is 1. The monoisotopic (exact) mass is 349 g/mol. The van der Waals surface area contributed by atoms with Crippen molar-refractivity contribution in [2.24, 2.45) is 5.18 Å². The van der Waals surface area contributed by atoms with Crippen LogP contribution in [0.15, 0.2) is 46.4 Å². The summed E-state index contributed by atoms with van der Waals surface area (Å²) in [6, 6.07) is 4.93. The second-order valence-electron chi connectivity index (χ2n) is 5.23. The molecule has 1 N–H and O–H groups in total. The minimum Gasteiger partial charge on any atom is -0.477 e. The molecular formula is C14H11N3O6S. The van der Waals surface area contributed by atoms with Crippen molar-refractivity contribution in [3.63, 3.8) is 0 Å². The van der Waals surface area contributed by atoms with Gasteiger partial charge in [0.15, 0.2) is 15.2 Å². The Labute approximate surface area is 136 Å². The van der Waals surface area contributed by atoms with Gasteiger partial charge in [-0.25, -0.2) is 13.2 Å². The molecule has 1 fully saturated rings. The maximum atomic E-state index is 12.4. The van der Waals surface area contributed by atoms with Crippen molar-refractivity contribution >= 4 is 27.8 Å². The Morgan fingerprint density at radius 1 is 1.46 bits per heavy atom. The lowest BCUT2D eigenvalue weighted by atomic mass is 10.0. The summed E-state index contributed by atoms with van der Waals surface area (Å²) in [5.74, 6) is -2.84. The van der Waals surface area contributed by atoms with Gasteiger partial charge in [0, 0.05) is 11.8 Å². The Morgan fingerprint density at radius 2 is 2.21 bits per heavy atom. The zero-order chi connectivity index (χ0) is 17.5. The molecule has 1 amide bonds. The van der Waals surface area contributed by atoms with Crippen LogP contribution in [0.1, 0.15) is 5.69 Å². The highest BCUT2D eigenvalue weighted by atomic mass is 32.2. The largest absolute Gasteiger partial charge is 0.477 e. The zero-order valence-electron chi connectivity index (χ0n) is 12.1. The topological polar surface area (TPSA) is 134 Å². The van der Waals surface area contributed by atoms with Crippen LogP contribution in [-0.4, -0.2) is 53.0 Å². The van der Waals surface area contributed by atoms with E-state index >= 15 is 0 Å². The number of aromatic nitrogens is 1. The molecule has 0 bridgehead atoms. The van der Waals surface area contributed by atoms with Crippen molar-refractivity contribution < 1.29 is 23.1 Å². The van der Waals surface area contributed by atoms with Crippen LogP contribution in [0.3, 0.4) is 0 Å². The SMILES string of the molecule is O=NCC1=C(C(=O)O)N2C(=O)C(=Cc3ccccn3)[C@@H]2S(=O)(=O)C1. The van der Waals surface area contributed by atoms with E-state index in [9.17, 15) is 28.0 Å². The molecule has 0 aromatic carbocycles. The minimum absolute atomic E-state index is 0.0504. The second kappa shape index (κ2) is 5.64. The number of rotatable bonds is 4. The van der Waals surface area contributed by atoms with Crippen LogP contribution in [-0.2, 0) is 19.4 Å². The average molecular weight is 349 g/mol. The van der Waals surface area contributed by atoms with Gasteiger partial charge in [-0.3, -0.25) is 14.7 Å².